The Kier molecular flexibility index (Phi) is 8.61. The summed E-state index contributed by atoms with van der Waals surface area (Å²) >= 11 is 1.30. The number of esters is 1. The molecule has 0 radical (unpaired) electrons. The van der Waals surface area contributed by atoms with Gasteiger partial charge in [0.15, 0.2) is 0 Å². The Hall–Kier alpha value is -3.69. The van der Waals surface area contributed by atoms with Crippen LogP contribution in [-0.2, 0) is 25.0 Å². The average Bonchev–Trinajstić information content (AvgIpc) is 3.29. The van der Waals surface area contributed by atoms with Gasteiger partial charge in [0.25, 0.3) is 10.0 Å². The molecule has 1 aromatic heterocycles. The van der Waals surface area contributed by atoms with Crippen molar-refractivity contribution in [1.29, 1.82) is 0 Å². The van der Waals surface area contributed by atoms with Crippen molar-refractivity contribution in [3.05, 3.63) is 83.2 Å². The fourth-order valence-electron chi connectivity index (χ4n) is 4.40. The van der Waals surface area contributed by atoms with Crippen molar-refractivity contribution in [2.75, 3.05) is 11.3 Å². The summed E-state index contributed by atoms with van der Waals surface area (Å²) in [7, 11) is -3.84. The number of fused-ring (bicyclic) bond motifs is 1. The lowest BCUT2D eigenvalue weighted by molar-refractivity contribution is -0.118. The minimum absolute atomic E-state index is 0.0916. The zero-order chi connectivity index (χ0) is 30.0. The minimum atomic E-state index is -3.84. The smallest absolute Gasteiger partial charge is 0.349 e. The lowest BCUT2D eigenvalue weighted by atomic mass is 9.87. The van der Waals surface area contributed by atoms with E-state index in [9.17, 15) is 18.0 Å². The highest BCUT2D eigenvalue weighted by molar-refractivity contribution is 7.92. The average molecular weight is 593 g/mol. The van der Waals surface area contributed by atoms with E-state index in [0.29, 0.717) is 22.5 Å². The van der Waals surface area contributed by atoms with Crippen LogP contribution in [0.15, 0.2) is 77.7 Å². The largest absolute Gasteiger partial charge is 0.461 e. The summed E-state index contributed by atoms with van der Waals surface area (Å²) < 4.78 is 35.7. The summed E-state index contributed by atoms with van der Waals surface area (Å²) in [6.45, 7) is 10.2. The van der Waals surface area contributed by atoms with Crippen molar-refractivity contribution in [2.24, 2.45) is 11.1 Å². The first-order valence-corrected chi connectivity index (χ1v) is 15.7. The Labute approximate surface area is 245 Å². The summed E-state index contributed by atoms with van der Waals surface area (Å²) in [5.74, 6) is -0.869. The third kappa shape index (κ3) is 7.34. The number of ether oxygens (including phenoxy) is 1. The van der Waals surface area contributed by atoms with E-state index < -0.39 is 27.3 Å². The minimum Gasteiger partial charge on any atom is -0.461 e. The zero-order valence-electron chi connectivity index (χ0n) is 24.0. The van der Waals surface area contributed by atoms with Crippen LogP contribution in [0, 0.1) is 5.41 Å². The van der Waals surface area contributed by atoms with E-state index >= 15 is 0 Å². The summed E-state index contributed by atoms with van der Waals surface area (Å²) in [5, 5.41) is 0.740. The number of benzene rings is 3. The maximum absolute atomic E-state index is 13.4. The van der Waals surface area contributed by atoms with E-state index in [-0.39, 0.29) is 23.3 Å². The van der Waals surface area contributed by atoms with Crippen LogP contribution in [0.4, 0.5) is 5.69 Å². The molecule has 3 N–H and O–H groups in total. The van der Waals surface area contributed by atoms with Crippen LogP contribution < -0.4 is 10.5 Å². The van der Waals surface area contributed by atoms with Gasteiger partial charge in [-0.05, 0) is 58.7 Å². The standard InChI is InChI=1S/C32H36N2O5S2/c1-31(2,3)22-11-14-24(15-12-22)41(37,38)34-23-13-16-26-25(19-23)28(21-9-7-6-8-10-21)29(40-26)30(36)39-20-32(4,5)18-17-27(33)35/h6-16,19,34H,17-18,20H2,1-5H3,(H2,33,35). The highest BCUT2D eigenvalue weighted by atomic mass is 32.2. The first kappa shape index (κ1) is 30.3. The van der Waals surface area contributed by atoms with Crippen LogP contribution in [0.25, 0.3) is 21.2 Å². The number of hydrogen-bond donors (Lipinski definition) is 2. The van der Waals surface area contributed by atoms with Crippen LogP contribution in [0.5, 0.6) is 0 Å². The third-order valence-electron chi connectivity index (χ3n) is 6.86. The number of carbonyl (C=O) groups excluding carboxylic acids is 2. The molecule has 4 aromatic rings. The van der Waals surface area contributed by atoms with E-state index in [1.807, 2.05) is 56.3 Å². The molecule has 0 aliphatic rings. The lowest BCUT2D eigenvalue weighted by Crippen LogP contribution is -2.24. The molecule has 0 saturated carbocycles. The zero-order valence-corrected chi connectivity index (χ0v) is 25.6. The number of amides is 1. The molecule has 1 amide bonds. The molecule has 0 aliphatic heterocycles. The molecule has 0 spiro atoms. The van der Waals surface area contributed by atoms with Crippen molar-refractivity contribution in [3.8, 4) is 11.1 Å². The highest BCUT2D eigenvalue weighted by Crippen LogP contribution is 2.41. The second-order valence-electron chi connectivity index (χ2n) is 12.0. The number of nitrogens with two attached hydrogens (primary N) is 1. The summed E-state index contributed by atoms with van der Waals surface area (Å²) in [6, 6.07) is 21.6. The third-order valence-corrected chi connectivity index (χ3v) is 9.41. The molecule has 7 nitrogen and oxygen atoms in total. The van der Waals surface area contributed by atoms with Gasteiger partial charge >= 0.3 is 5.97 Å². The number of nitrogens with one attached hydrogen (secondary N) is 1. The van der Waals surface area contributed by atoms with Crippen LogP contribution >= 0.6 is 11.3 Å². The molecule has 3 aromatic carbocycles. The predicted molar refractivity (Wildman–Crippen MR) is 166 cm³/mol. The molecule has 216 valence electrons. The summed E-state index contributed by atoms with van der Waals surface area (Å²) in [4.78, 5) is 25.2. The molecule has 4 rings (SSSR count). The van der Waals surface area contributed by atoms with Gasteiger partial charge in [-0.3, -0.25) is 9.52 Å². The van der Waals surface area contributed by atoms with Gasteiger partial charge in [0.2, 0.25) is 5.91 Å². The maximum Gasteiger partial charge on any atom is 0.349 e. The number of sulfonamides is 1. The number of carbonyl (C=O) groups is 2. The van der Waals surface area contributed by atoms with Gasteiger partial charge in [-0.25, -0.2) is 13.2 Å². The molecule has 41 heavy (non-hydrogen) atoms. The lowest BCUT2D eigenvalue weighted by Gasteiger charge is -2.23. The Morgan fingerprint density at radius 2 is 1.59 bits per heavy atom. The monoisotopic (exact) mass is 592 g/mol. The fourth-order valence-corrected chi connectivity index (χ4v) is 6.55. The highest BCUT2D eigenvalue weighted by Gasteiger charge is 2.26. The van der Waals surface area contributed by atoms with Crippen molar-refractivity contribution in [1.82, 2.24) is 0 Å². The molecule has 0 saturated heterocycles. The van der Waals surface area contributed by atoms with Crippen molar-refractivity contribution in [2.45, 2.75) is 57.8 Å². The van der Waals surface area contributed by atoms with Gasteiger partial charge < -0.3 is 10.5 Å². The van der Waals surface area contributed by atoms with Crippen molar-refractivity contribution in [3.63, 3.8) is 0 Å². The fraction of sp³-hybridized carbons (Fsp3) is 0.312. The summed E-state index contributed by atoms with van der Waals surface area (Å²) in [5.41, 5.74) is 7.70. The van der Waals surface area contributed by atoms with E-state index in [4.69, 9.17) is 10.5 Å². The number of primary amides is 1. The molecule has 0 atom stereocenters. The van der Waals surface area contributed by atoms with Gasteiger partial charge in [-0.15, -0.1) is 11.3 Å². The SMILES string of the molecule is CC(C)(CCC(N)=O)COC(=O)c1sc2ccc(NS(=O)(=O)c3ccc(C(C)(C)C)cc3)cc2c1-c1ccccc1. The van der Waals surface area contributed by atoms with Crippen molar-refractivity contribution >= 4 is 49.0 Å². The molecule has 0 unspecified atom stereocenters. The normalized spacial score (nSPS) is 12.3. The van der Waals surface area contributed by atoms with Gasteiger partial charge in [0, 0.05) is 27.8 Å². The number of anilines is 1. The molecule has 0 bridgehead atoms. The molecular formula is C32H36N2O5S2. The number of rotatable bonds is 10. The molecule has 0 aliphatic carbocycles. The van der Waals surface area contributed by atoms with Gasteiger partial charge in [0.05, 0.1) is 11.5 Å². The first-order chi connectivity index (χ1) is 19.2. The molecule has 9 heteroatoms. The predicted octanol–water partition coefficient (Wildman–Crippen LogP) is 7.12. The first-order valence-electron chi connectivity index (χ1n) is 13.4. The second kappa shape index (κ2) is 11.7. The number of thiophene rings is 1. The van der Waals surface area contributed by atoms with E-state index in [1.54, 1.807) is 30.3 Å². The Bertz CT molecular complexity index is 1670. The van der Waals surface area contributed by atoms with E-state index in [0.717, 1.165) is 21.2 Å². The Morgan fingerprint density at radius 3 is 2.20 bits per heavy atom. The van der Waals surface area contributed by atoms with Gasteiger partial charge in [-0.1, -0.05) is 77.1 Å². The van der Waals surface area contributed by atoms with E-state index in [2.05, 4.69) is 25.5 Å². The number of hydrogen-bond acceptors (Lipinski definition) is 6. The second-order valence-corrected chi connectivity index (χ2v) is 14.7. The quantitative estimate of drug-likeness (QED) is 0.190. The molecule has 0 fully saturated rings. The van der Waals surface area contributed by atoms with E-state index in [1.165, 1.54) is 11.3 Å². The van der Waals surface area contributed by atoms with Crippen LogP contribution in [0.2, 0.25) is 0 Å². The van der Waals surface area contributed by atoms with Crippen LogP contribution in [0.1, 0.15) is 62.7 Å². The Morgan fingerprint density at radius 1 is 0.927 bits per heavy atom. The Balaban J connectivity index is 1.67. The van der Waals surface area contributed by atoms with Crippen molar-refractivity contribution < 1.29 is 22.7 Å². The van der Waals surface area contributed by atoms with Gasteiger partial charge in [0.1, 0.15) is 4.88 Å². The van der Waals surface area contributed by atoms with Crippen LogP contribution in [-0.4, -0.2) is 26.9 Å². The molecule has 1 heterocycles. The van der Waals surface area contributed by atoms with Gasteiger partial charge in [-0.2, -0.15) is 0 Å². The maximum atomic E-state index is 13.4. The summed E-state index contributed by atoms with van der Waals surface area (Å²) in [6.07, 6.45) is 0.706. The van der Waals surface area contributed by atoms with Crippen LogP contribution in [0.3, 0.4) is 0 Å². The molecular weight excluding hydrogens is 556 g/mol. The topological polar surface area (TPSA) is 116 Å².